The maximum absolute atomic E-state index is 3.66. The minimum atomic E-state index is 0.430. The molecule has 1 aliphatic rings. The Morgan fingerprint density at radius 2 is 2.00 bits per heavy atom. The highest BCUT2D eigenvalue weighted by molar-refractivity contribution is 4.81. The van der Waals surface area contributed by atoms with Crippen LogP contribution in [0.4, 0.5) is 0 Å². The van der Waals surface area contributed by atoms with Gasteiger partial charge in [-0.1, -0.05) is 34.6 Å². The number of likely N-dealkylation sites (tertiary alicyclic amines) is 1. The topological polar surface area (TPSA) is 15.3 Å². The van der Waals surface area contributed by atoms with Crippen molar-refractivity contribution in [2.45, 2.75) is 59.5 Å². The van der Waals surface area contributed by atoms with Crippen molar-refractivity contribution in [2.24, 2.45) is 5.41 Å². The molecule has 0 aliphatic carbocycles. The molecule has 0 aromatic carbocycles. The fraction of sp³-hybridized carbons (Fsp3) is 1.00. The summed E-state index contributed by atoms with van der Waals surface area (Å²) >= 11 is 0. The lowest BCUT2D eigenvalue weighted by molar-refractivity contribution is 0.138. The second kappa shape index (κ2) is 5.31. The van der Waals surface area contributed by atoms with E-state index in [0.29, 0.717) is 17.5 Å². The number of hydrogen-bond donors (Lipinski definition) is 1. The molecule has 1 atom stereocenters. The first-order valence-electron chi connectivity index (χ1n) is 6.35. The van der Waals surface area contributed by atoms with Crippen molar-refractivity contribution in [3.05, 3.63) is 0 Å². The van der Waals surface area contributed by atoms with Gasteiger partial charge in [-0.2, -0.15) is 0 Å². The Kier molecular flexibility index (Phi) is 4.60. The quantitative estimate of drug-likeness (QED) is 0.773. The van der Waals surface area contributed by atoms with E-state index in [0.717, 1.165) is 0 Å². The molecule has 1 N–H and O–H groups in total. The summed E-state index contributed by atoms with van der Waals surface area (Å²) in [7, 11) is 0. The number of rotatable bonds is 3. The zero-order valence-electron chi connectivity index (χ0n) is 11.1. The molecule has 1 saturated heterocycles. The minimum absolute atomic E-state index is 0.430. The van der Waals surface area contributed by atoms with Gasteiger partial charge in [-0.15, -0.1) is 0 Å². The molecule has 0 spiro atoms. The standard InChI is InChI=1S/C13H28N2/c1-11(2)14-12-7-6-8-15(9-12)10-13(3,4)5/h11-12,14H,6-10H2,1-5H3. The zero-order chi connectivity index (χ0) is 11.5. The molecule has 1 aliphatic heterocycles. The Morgan fingerprint density at radius 3 is 2.53 bits per heavy atom. The first kappa shape index (κ1) is 13.0. The predicted octanol–water partition coefficient (Wildman–Crippen LogP) is 2.49. The summed E-state index contributed by atoms with van der Waals surface area (Å²) in [6.45, 7) is 15.2. The van der Waals surface area contributed by atoms with Crippen LogP contribution in [0.25, 0.3) is 0 Å². The molecule has 1 fully saturated rings. The Balaban J connectivity index is 2.35. The van der Waals surface area contributed by atoms with Gasteiger partial charge >= 0.3 is 0 Å². The van der Waals surface area contributed by atoms with Gasteiger partial charge in [-0.3, -0.25) is 0 Å². The average Bonchev–Trinajstić information content (AvgIpc) is 1.99. The number of nitrogens with one attached hydrogen (secondary N) is 1. The van der Waals surface area contributed by atoms with E-state index in [1.54, 1.807) is 0 Å². The smallest absolute Gasteiger partial charge is 0.0197 e. The Morgan fingerprint density at radius 1 is 1.33 bits per heavy atom. The molecule has 2 heteroatoms. The van der Waals surface area contributed by atoms with Crippen LogP contribution in [-0.4, -0.2) is 36.6 Å². The van der Waals surface area contributed by atoms with E-state index in [-0.39, 0.29) is 0 Å². The van der Waals surface area contributed by atoms with Crippen molar-refractivity contribution in [1.82, 2.24) is 10.2 Å². The van der Waals surface area contributed by atoms with E-state index >= 15 is 0 Å². The molecule has 2 nitrogen and oxygen atoms in total. The molecule has 0 bridgehead atoms. The molecule has 15 heavy (non-hydrogen) atoms. The van der Waals surface area contributed by atoms with Gasteiger partial charge in [0.15, 0.2) is 0 Å². The van der Waals surface area contributed by atoms with Gasteiger partial charge in [0.2, 0.25) is 0 Å². The first-order valence-corrected chi connectivity index (χ1v) is 6.35. The van der Waals surface area contributed by atoms with Crippen LogP contribution in [0.5, 0.6) is 0 Å². The zero-order valence-corrected chi connectivity index (χ0v) is 11.1. The second-order valence-corrected chi connectivity index (χ2v) is 6.46. The van der Waals surface area contributed by atoms with E-state index in [9.17, 15) is 0 Å². The van der Waals surface area contributed by atoms with Crippen molar-refractivity contribution in [3.63, 3.8) is 0 Å². The largest absolute Gasteiger partial charge is 0.311 e. The highest BCUT2D eigenvalue weighted by atomic mass is 15.2. The fourth-order valence-corrected chi connectivity index (χ4v) is 2.48. The number of nitrogens with zero attached hydrogens (tertiary/aromatic N) is 1. The Labute approximate surface area is 95.4 Å². The van der Waals surface area contributed by atoms with Crippen LogP contribution >= 0.6 is 0 Å². The van der Waals surface area contributed by atoms with Crippen molar-refractivity contribution < 1.29 is 0 Å². The van der Waals surface area contributed by atoms with Crippen LogP contribution in [0.1, 0.15) is 47.5 Å². The lowest BCUT2D eigenvalue weighted by atomic mass is 9.94. The Bertz CT molecular complexity index is 181. The fourth-order valence-electron chi connectivity index (χ4n) is 2.48. The molecule has 90 valence electrons. The third-order valence-corrected chi connectivity index (χ3v) is 2.77. The molecule has 0 radical (unpaired) electrons. The maximum atomic E-state index is 3.66. The van der Waals surface area contributed by atoms with Gasteiger partial charge in [0.1, 0.15) is 0 Å². The summed E-state index contributed by atoms with van der Waals surface area (Å²) in [4.78, 5) is 2.61. The van der Waals surface area contributed by atoms with E-state index in [4.69, 9.17) is 0 Å². The minimum Gasteiger partial charge on any atom is -0.311 e. The summed E-state index contributed by atoms with van der Waals surface area (Å²) in [6, 6.07) is 1.32. The van der Waals surface area contributed by atoms with E-state index in [1.165, 1.54) is 32.5 Å². The highest BCUT2D eigenvalue weighted by Crippen LogP contribution is 2.19. The van der Waals surface area contributed by atoms with E-state index < -0.39 is 0 Å². The molecule has 1 unspecified atom stereocenters. The number of piperidine rings is 1. The first-order chi connectivity index (χ1) is 6.87. The van der Waals surface area contributed by atoms with Crippen LogP contribution < -0.4 is 5.32 Å². The molecule has 0 amide bonds. The molecular formula is C13H28N2. The monoisotopic (exact) mass is 212 g/mol. The highest BCUT2D eigenvalue weighted by Gasteiger charge is 2.23. The molecule has 0 saturated carbocycles. The van der Waals surface area contributed by atoms with Gasteiger partial charge in [0.25, 0.3) is 0 Å². The van der Waals surface area contributed by atoms with Crippen LogP contribution in [0.3, 0.4) is 0 Å². The van der Waals surface area contributed by atoms with Gasteiger partial charge in [-0.05, 0) is 24.8 Å². The third kappa shape index (κ3) is 5.53. The lowest BCUT2D eigenvalue weighted by Gasteiger charge is -2.37. The Hall–Kier alpha value is -0.0800. The molecule has 1 rings (SSSR count). The average molecular weight is 212 g/mol. The number of hydrogen-bond acceptors (Lipinski definition) is 2. The van der Waals surface area contributed by atoms with Crippen LogP contribution in [-0.2, 0) is 0 Å². The van der Waals surface area contributed by atoms with Gasteiger partial charge in [-0.25, -0.2) is 0 Å². The summed E-state index contributed by atoms with van der Waals surface area (Å²) < 4.78 is 0. The van der Waals surface area contributed by atoms with E-state index in [1.807, 2.05) is 0 Å². The van der Waals surface area contributed by atoms with Gasteiger partial charge in [0, 0.05) is 25.2 Å². The molecular weight excluding hydrogens is 184 g/mol. The van der Waals surface area contributed by atoms with Gasteiger partial charge in [0.05, 0.1) is 0 Å². The summed E-state index contributed by atoms with van der Waals surface area (Å²) in [6.07, 6.45) is 2.69. The lowest BCUT2D eigenvalue weighted by Crippen LogP contribution is -2.49. The second-order valence-electron chi connectivity index (χ2n) is 6.46. The normalized spacial score (nSPS) is 24.8. The van der Waals surface area contributed by atoms with Crippen LogP contribution in [0, 0.1) is 5.41 Å². The van der Waals surface area contributed by atoms with Crippen molar-refractivity contribution >= 4 is 0 Å². The maximum Gasteiger partial charge on any atom is 0.0197 e. The predicted molar refractivity (Wildman–Crippen MR) is 67.2 cm³/mol. The van der Waals surface area contributed by atoms with Crippen LogP contribution in [0.15, 0.2) is 0 Å². The van der Waals surface area contributed by atoms with Crippen molar-refractivity contribution in [1.29, 1.82) is 0 Å². The molecule has 1 heterocycles. The summed E-state index contributed by atoms with van der Waals surface area (Å²) in [5.74, 6) is 0. The third-order valence-electron chi connectivity index (χ3n) is 2.77. The SMILES string of the molecule is CC(C)NC1CCCN(CC(C)(C)C)C1. The summed E-state index contributed by atoms with van der Waals surface area (Å²) in [5.41, 5.74) is 0.430. The van der Waals surface area contributed by atoms with Crippen molar-refractivity contribution in [2.75, 3.05) is 19.6 Å². The van der Waals surface area contributed by atoms with Crippen molar-refractivity contribution in [3.8, 4) is 0 Å². The molecule has 0 aromatic rings. The molecule has 0 aromatic heterocycles. The van der Waals surface area contributed by atoms with E-state index in [2.05, 4.69) is 44.8 Å². The van der Waals surface area contributed by atoms with Crippen LogP contribution in [0.2, 0.25) is 0 Å². The van der Waals surface area contributed by atoms with Gasteiger partial charge < -0.3 is 10.2 Å². The summed E-state index contributed by atoms with van der Waals surface area (Å²) in [5, 5.41) is 3.66.